The van der Waals surface area contributed by atoms with Crippen LogP contribution in [0, 0.1) is 11.8 Å². The van der Waals surface area contributed by atoms with Crippen molar-refractivity contribution in [2.75, 3.05) is 10.2 Å². The lowest BCUT2D eigenvalue weighted by molar-refractivity contribution is -0.129. The number of hydrogen-bond donors (Lipinski definition) is 1. The molecule has 0 aromatic heterocycles. The van der Waals surface area contributed by atoms with Gasteiger partial charge in [-0.3, -0.25) is 19.3 Å². The van der Waals surface area contributed by atoms with Crippen LogP contribution in [0.25, 0.3) is 0 Å². The van der Waals surface area contributed by atoms with Gasteiger partial charge in [0, 0.05) is 24.4 Å². The Balaban J connectivity index is 1.53. The van der Waals surface area contributed by atoms with Gasteiger partial charge < -0.3 is 5.32 Å². The van der Waals surface area contributed by atoms with Crippen molar-refractivity contribution in [3.63, 3.8) is 0 Å². The zero-order valence-corrected chi connectivity index (χ0v) is 16.2. The van der Waals surface area contributed by atoms with Crippen LogP contribution in [0.4, 0.5) is 11.4 Å². The van der Waals surface area contributed by atoms with E-state index in [9.17, 15) is 14.4 Å². The van der Waals surface area contributed by atoms with Crippen molar-refractivity contribution in [2.45, 2.75) is 71.1 Å². The van der Waals surface area contributed by atoms with Gasteiger partial charge in [0.2, 0.25) is 17.7 Å². The molecule has 3 amide bonds. The van der Waals surface area contributed by atoms with E-state index in [1.807, 2.05) is 0 Å². The first-order valence-corrected chi connectivity index (χ1v) is 10.3. The average Bonchev–Trinajstić information content (AvgIpc) is 2.68. The van der Waals surface area contributed by atoms with E-state index in [0.29, 0.717) is 30.6 Å². The Bertz CT molecular complexity index is 659. The minimum absolute atomic E-state index is 0.0850. The molecular formula is C22H30N2O3. The molecule has 1 aromatic carbocycles. The topological polar surface area (TPSA) is 66.5 Å². The van der Waals surface area contributed by atoms with Crippen LogP contribution in [-0.2, 0) is 14.4 Å². The van der Waals surface area contributed by atoms with E-state index in [1.54, 1.807) is 24.3 Å². The second kappa shape index (κ2) is 9.16. The zero-order chi connectivity index (χ0) is 19.2. The maximum Gasteiger partial charge on any atom is 0.233 e. The van der Waals surface area contributed by atoms with Gasteiger partial charge in [-0.15, -0.1) is 0 Å². The number of amides is 3. The molecule has 1 saturated heterocycles. The molecule has 1 aromatic rings. The van der Waals surface area contributed by atoms with Gasteiger partial charge in [-0.25, -0.2) is 0 Å². The van der Waals surface area contributed by atoms with Crippen LogP contribution in [-0.4, -0.2) is 17.7 Å². The lowest BCUT2D eigenvalue weighted by Crippen LogP contribution is -2.40. The van der Waals surface area contributed by atoms with Crippen LogP contribution >= 0.6 is 0 Å². The molecule has 1 aliphatic carbocycles. The summed E-state index contributed by atoms with van der Waals surface area (Å²) in [5, 5.41) is 2.99. The molecule has 2 aliphatic rings. The summed E-state index contributed by atoms with van der Waals surface area (Å²) in [5.74, 6) is 0.660. The summed E-state index contributed by atoms with van der Waals surface area (Å²) in [7, 11) is 0. The Morgan fingerprint density at radius 3 is 2.26 bits per heavy atom. The van der Waals surface area contributed by atoms with Crippen molar-refractivity contribution in [3.05, 3.63) is 24.3 Å². The molecule has 1 N–H and O–H groups in total. The van der Waals surface area contributed by atoms with E-state index >= 15 is 0 Å². The monoisotopic (exact) mass is 370 g/mol. The van der Waals surface area contributed by atoms with Crippen LogP contribution in [0.3, 0.4) is 0 Å². The molecule has 5 heteroatoms. The summed E-state index contributed by atoms with van der Waals surface area (Å²) < 4.78 is 0. The van der Waals surface area contributed by atoms with E-state index < -0.39 is 0 Å². The highest BCUT2D eigenvalue weighted by atomic mass is 16.2. The molecule has 0 atom stereocenters. The summed E-state index contributed by atoms with van der Waals surface area (Å²) in [6.07, 6.45) is 9.50. The van der Waals surface area contributed by atoms with E-state index in [4.69, 9.17) is 0 Å². The van der Waals surface area contributed by atoms with Crippen LogP contribution in [0.2, 0.25) is 0 Å². The number of rotatable bonds is 6. The number of nitrogens with zero attached hydrogens (tertiary/aromatic N) is 1. The molecule has 1 heterocycles. The van der Waals surface area contributed by atoms with Crippen molar-refractivity contribution < 1.29 is 14.4 Å². The molecule has 2 fully saturated rings. The summed E-state index contributed by atoms with van der Waals surface area (Å²) in [5.41, 5.74) is 1.30. The smallest absolute Gasteiger partial charge is 0.233 e. The Kier molecular flexibility index (Phi) is 6.64. The van der Waals surface area contributed by atoms with Crippen LogP contribution in [0.1, 0.15) is 71.1 Å². The molecule has 5 nitrogen and oxygen atoms in total. The van der Waals surface area contributed by atoms with E-state index in [2.05, 4.69) is 12.2 Å². The Labute approximate surface area is 161 Å². The molecular weight excluding hydrogens is 340 g/mol. The fourth-order valence-electron chi connectivity index (χ4n) is 4.19. The quantitative estimate of drug-likeness (QED) is 0.740. The lowest BCUT2D eigenvalue weighted by atomic mass is 9.79. The van der Waals surface area contributed by atoms with E-state index in [0.717, 1.165) is 31.6 Å². The van der Waals surface area contributed by atoms with Crippen molar-refractivity contribution in [3.8, 4) is 0 Å². The van der Waals surface area contributed by atoms with Gasteiger partial charge >= 0.3 is 0 Å². The predicted molar refractivity (Wildman–Crippen MR) is 106 cm³/mol. The fraction of sp³-hybridized carbons (Fsp3) is 0.591. The molecule has 0 spiro atoms. The van der Waals surface area contributed by atoms with Gasteiger partial charge in [-0.05, 0) is 62.3 Å². The highest BCUT2D eigenvalue weighted by Gasteiger charge is 2.28. The second-order valence-corrected chi connectivity index (χ2v) is 7.87. The van der Waals surface area contributed by atoms with Crippen LogP contribution in [0.5, 0.6) is 0 Å². The van der Waals surface area contributed by atoms with Gasteiger partial charge in [0.05, 0.1) is 5.69 Å². The third-order valence-corrected chi connectivity index (χ3v) is 5.86. The first-order valence-electron chi connectivity index (χ1n) is 10.3. The normalized spacial score (nSPS) is 23.4. The first-order chi connectivity index (χ1) is 13.1. The highest BCUT2D eigenvalue weighted by Crippen LogP contribution is 2.32. The summed E-state index contributed by atoms with van der Waals surface area (Å²) in [6.45, 7) is 2.22. The third-order valence-electron chi connectivity index (χ3n) is 5.86. The van der Waals surface area contributed by atoms with Crippen LogP contribution < -0.4 is 10.2 Å². The second-order valence-electron chi connectivity index (χ2n) is 7.87. The minimum Gasteiger partial charge on any atom is -0.326 e. The zero-order valence-electron chi connectivity index (χ0n) is 16.2. The van der Waals surface area contributed by atoms with Crippen molar-refractivity contribution in [1.82, 2.24) is 0 Å². The predicted octanol–water partition coefficient (Wildman–Crippen LogP) is 4.67. The lowest BCUT2D eigenvalue weighted by Gasteiger charge is -2.28. The van der Waals surface area contributed by atoms with Gasteiger partial charge in [0.1, 0.15) is 0 Å². The standard InChI is InChI=1S/C22H30N2O3/c1-2-3-5-16-8-10-17(11-9-16)22(27)23-18-12-14-19(15-13-18)24-20(25)6-4-7-21(24)26/h12-17H,2-11H2,1H3,(H,23,27). The number of carbonyl (C=O) groups excluding carboxylic acids is 3. The van der Waals surface area contributed by atoms with Crippen LogP contribution in [0.15, 0.2) is 24.3 Å². The van der Waals surface area contributed by atoms with Crippen molar-refractivity contribution >= 4 is 29.1 Å². The number of nitrogens with one attached hydrogen (secondary N) is 1. The number of imide groups is 1. The number of hydrogen-bond acceptors (Lipinski definition) is 3. The molecule has 27 heavy (non-hydrogen) atoms. The summed E-state index contributed by atoms with van der Waals surface area (Å²) in [6, 6.07) is 7.02. The maximum atomic E-state index is 12.5. The highest BCUT2D eigenvalue weighted by molar-refractivity contribution is 6.16. The number of unbranched alkanes of at least 4 members (excludes halogenated alkanes) is 1. The van der Waals surface area contributed by atoms with E-state index in [-0.39, 0.29) is 23.6 Å². The Hall–Kier alpha value is -2.17. The molecule has 1 aliphatic heterocycles. The first kappa shape index (κ1) is 19.6. The summed E-state index contributed by atoms with van der Waals surface area (Å²) in [4.78, 5) is 37.8. The number of anilines is 2. The Morgan fingerprint density at radius 2 is 1.67 bits per heavy atom. The third kappa shape index (κ3) is 4.96. The summed E-state index contributed by atoms with van der Waals surface area (Å²) >= 11 is 0. The average molecular weight is 370 g/mol. The van der Waals surface area contributed by atoms with E-state index in [1.165, 1.54) is 24.2 Å². The van der Waals surface area contributed by atoms with Crippen molar-refractivity contribution in [1.29, 1.82) is 0 Å². The fourth-order valence-corrected chi connectivity index (χ4v) is 4.19. The largest absolute Gasteiger partial charge is 0.326 e. The Morgan fingerprint density at radius 1 is 1.04 bits per heavy atom. The molecule has 0 bridgehead atoms. The maximum absolute atomic E-state index is 12.5. The number of carbonyl (C=O) groups is 3. The van der Waals surface area contributed by atoms with Gasteiger partial charge in [-0.1, -0.05) is 26.2 Å². The number of piperidine rings is 1. The molecule has 146 valence electrons. The number of benzene rings is 1. The minimum atomic E-state index is -0.150. The molecule has 1 saturated carbocycles. The van der Waals surface area contributed by atoms with Crippen molar-refractivity contribution in [2.24, 2.45) is 11.8 Å². The molecule has 0 unspecified atom stereocenters. The molecule has 3 rings (SSSR count). The van der Waals surface area contributed by atoms with Gasteiger partial charge in [0.15, 0.2) is 0 Å². The van der Waals surface area contributed by atoms with Gasteiger partial charge in [0.25, 0.3) is 0 Å². The molecule has 0 radical (unpaired) electrons. The van der Waals surface area contributed by atoms with Gasteiger partial charge in [-0.2, -0.15) is 0 Å². The SMILES string of the molecule is CCCCC1CCC(C(=O)Nc2ccc(N3C(=O)CCCC3=O)cc2)CC1.